The van der Waals surface area contributed by atoms with Crippen molar-refractivity contribution >= 4 is 9.52 Å². The molecule has 0 heterocycles. The molecule has 1 unspecified atom stereocenters. The molecule has 1 nitrogen and oxygen atoms in total. The van der Waals surface area contributed by atoms with Gasteiger partial charge in [0.1, 0.15) is 0 Å². The predicted molar refractivity (Wildman–Crippen MR) is 137 cm³/mol. The van der Waals surface area contributed by atoms with Crippen LogP contribution < -0.4 is 0 Å². The average molecular weight is 467 g/mol. The Morgan fingerprint density at radius 1 is 0.806 bits per heavy atom. The minimum Gasteiger partial charge on any atom is -0.675 e. The number of allylic oxidation sites excluding steroid dienone is 4. The second kappa shape index (κ2) is 17.4. The molecule has 2 aliphatic carbocycles. The minimum absolute atomic E-state index is 0. The maximum absolute atomic E-state index is 7.13. The number of hydrogen-bond donors (Lipinski definition) is 0. The van der Waals surface area contributed by atoms with E-state index in [0.717, 1.165) is 22.4 Å². The van der Waals surface area contributed by atoms with Crippen molar-refractivity contribution in [3.05, 3.63) is 89.2 Å². The third-order valence-electron chi connectivity index (χ3n) is 5.47. The van der Waals surface area contributed by atoms with Crippen molar-refractivity contribution in [2.24, 2.45) is 5.92 Å². The quantitative estimate of drug-likeness (QED) is 0.297. The molecule has 1 N–H and O–H groups in total. The maximum atomic E-state index is 7.13. The minimum atomic E-state index is 0. The number of rotatable bonds is 1. The molecule has 0 bridgehead atoms. The molecule has 2 aromatic carbocycles. The molecule has 1 fully saturated rings. The van der Waals surface area contributed by atoms with Gasteiger partial charge in [-0.3, -0.25) is 6.08 Å². The summed E-state index contributed by atoms with van der Waals surface area (Å²) in [4.78, 5) is 0. The molecule has 1 radical (unpaired) electrons. The Labute approximate surface area is 209 Å². The third-order valence-corrected chi connectivity index (χ3v) is 5.47. The van der Waals surface area contributed by atoms with Gasteiger partial charge in [0.15, 0.2) is 0 Å². The van der Waals surface area contributed by atoms with E-state index in [1.165, 1.54) is 40.7 Å². The Balaban J connectivity index is 0.000000421. The van der Waals surface area contributed by atoms with Crippen LogP contribution in [0.1, 0.15) is 53.4 Å². The van der Waals surface area contributed by atoms with Crippen LogP contribution in [0.3, 0.4) is 0 Å². The van der Waals surface area contributed by atoms with Crippen LogP contribution in [-0.4, -0.2) is 15.6 Å². The monoisotopic (exact) mass is 466 g/mol. The second-order valence-corrected chi connectivity index (χ2v) is 9.24. The van der Waals surface area contributed by atoms with Crippen LogP contribution in [0.5, 0.6) is 0 Å². The summed E-state index contributed by atoms with van der Waals surface area (Å²) in [5.74, 6) is 0.560. The van der Waals surface area contributed by atoms with Crippen LogP contribution in [0, 0.1) is 12.0 Å². The van der Waals surface area contributed by atoms with E-state index in [9.17, 15) is 0 Å². The molecular formula is C28H40NSiTi. The molecule has 2 aliphatic rings. The Morgan fingerprint density at radius 2 is 1.19 bits per heavy atom. The largest absolute Gasteiger partial charge is 2.00 e. The van der Waals surface area contributed by atoms with E-state index >= 15 is 0 Å². The van der Waals surface area contributed by atoms with Gasteiger partial charge in [-0.1, -0.05) is 126 Å². The van der Waals surface area contributed by atoms with Crippen LogP contribution in [0.4, 0.5) is 0 Å². The van der Waals surface area contributed by atoms with Gasteiger partial charge in [-0.15, -0.1) is 13.0 Å². The van der Waals surface area contributed by atoms with Gasteiger partial charge in [-0.2, -0.15) is 11.1 Å². The van der Waals surface area contributed by atoms with Crippen LogP contribution in [0.2, 0.25) is 13.1 Å². The van der Waals surface area contributed by atoms with Gasteiger partial charge >= 0.3 is 21.7 Å². The maximum Gasteiger partial charge on any atom is 2.00 e. The van der Waals surface area contributed by atoms with E-state index in [2.05, 4.69) is 95.4 Å². The van der Waals surface area contributed by atoms with Crippen molar-refractivity contribution in [3.63, 3.8) is 0 Å². The number of benzene rings is 2. The topological polar surface area (TPSA) is 23.8 Å². The molecule has 0 saturated heterocycles. The first-order valence-corrected chi connectivity index (χ1v) is 13.5. The summed E-state index contributed by atoms with van der Waals surface area (Å²) in [5, 5.41) is 0. The van der Waals surface area contributed by atoms with Crippen LogP contribution in [-0.2, 0) is 21.7 Å². The summed E-state index contributed by atoms with van der Waals surface area (Å²) >= 11 is 0. The molecule has 2 aromatic rings. The van der Waals surface area contributed by atoms with Crippen LogP contribution >= 0.6 is 0 Å². The Morgan fingerprint density at radius 3 is 1.39 bits per heavy atom. The van der Waals surface area contributed by atoms with E-state index in [0.29, 0.717) is 12.0 Å². The van der Waals surface area contributed by atoms with E-state index < -0.39 is 0 Å². The van der Waals surface area contributed by atoms with Gasteiger partial charge in [-0.25, -0.2) is 5.57 Å². The molecule has 1 atom stereocenters. The van der Waals surface area contributed by atoms with Crippen molar-refractivity contribution in [1.82, 2.24) is 0 Å². The zero-order valence-corrected chi connectivity index (χ0v) is 23.1. The molecule has 0 aromatic heterocycles. The van der Waals surface area contributed by atoms with Crippen molar-refractivity contribution < 1.29 is 21.7 Å². The first-order chi connectivity index (χ1) is 14.4. The van der Waals surface area contributed by atoms with Crippen molar-refractivity contribution in [1.29, 1.82) is 0 Å². The van der Waals surface area contributed by atoms with E-state index in [1.54, 1.807) is 0 Å². The Bertz CT molecular complexity index is 725. The van der Waals surface area contributed by atoms with Gasteiger partial charge in [0.2, 0.25) is 0 Å². The Kier molecular flexibility index (Phi) is 16.7. The van der Waals surface area contributed by atoms with Gasteiger partial charge in [0.25, 0.3) is 0 Å². The van der Waals surface area contributed by atoms with Crippen LogP contribution in [0.25, 0.3) is 16.9 Å². The molecule has 1 saturated carbocycles. The normalized spacial score (nSPS) is 17.1. The zero-order chi connectivity index (χ0) is 22.4. The first kappa shape index (κ1) is 29.8. The Hall–Kier alpha value is -1.19. The summed E-state index contributed by atoms with van der Waals surface area (Å²) in [5.41, 5.74) is 13.9. The van der Waals surface area contributed by atoms with E-state index in [1.807, 2.05) is 12.1 Å². The fraction of sp³-hybridized carbons (Fsp3) is 0.429. The molecule has 0 aliphatic heterocycles. The molecule has 165 valence electrons. The molecule has 4 rings (SSSR count). The summed E-state index contributed by atoms with van der Waals surface area (Å²) in [6.07, 6.45) is 8.26. The fourth-order valence-corrected chi connectivity index (χ4v) is 3.35. The van der Waals surface area contributed by atoms with Crippen molar-refractivity contribution in [2.75, 3.05) is 0 Å². The van der Waals surface area contributed by atoms with Crippen molar-refractivity contribution in [2.45, 2.75) is 72.5 Å². The molecular weight excluding hydrogens is 426 g/mol. The summed E-state index contributed by atoms with van der Waals surface area (Å²) in [6, 6.07) is 21.1. The number of hydrogen-bond acceptors (Lipinski definition) is 0. The van der Waals surface area contributed by atoms with Gasteiger partial charge in [-0.05, 0) is 11.1 Å². The fourth-order valence-electron chi connectivity index (χ4n) is 3.35. The summed E-state index contributed by atoms with van der Waals surface area (Å²) < 4.78 is 0. The molecule has 0 amide bonds. The average Bonchev–Trinajstić information content (AvgIpc) is 3.33. The third kappa shape index (κ3) is 11.8. The van der Waals surface area contributed by atoms with Crippen LogP contribution in [0.15, 0.2) is 77.4 Å². The second-order valence-electron chi connectivity index (χ2n) is 8.09. The van der Waals surface area contributed by atoms with Gasteiger partial charge in [0, 0.05) is 9.52 Å². The van der Waals surface area contributed by atoms with Gasteiger partial charge < -0.3 is 5.73 Å². The number of nitrogens with one attached hydrogen (secondary N) is 1. The summed E-state index contributed by atoms with van der Waals surface area (Å²) in [7, 11) is 0.750. The smallest absolute Gasteiger partial charge is 0.675 e. The first-order valence-electron chi connectivity index (χ1n) is 11.2. The summed E-state index contributed by atoms with van der Waals surface area (Å²) in [6.45, 7) is 13.1. The SMILES string of the molecule is CC1=[C-]C(C)C(C)=C1C.C[SiH]C.[NH-]C1CCCC1.[Ti+2].c1ccc(-c2ccccc2)cc1. The molecule has 31 heavy (non-hydrogen) atoms. The molecule has 3 heteroatoms. The predicted octanol–water partition coefficient (Wildman–Crippen LogP) is 8.57. The van der Waals surface area contributed by atoms with Gasteiger partial charge in [0.05, 0.1) is 0 Å². The standard InChI is InChI=1S/C12H10.C9H13.C5H10N.C2H7Si.Ti/c1-3-7-11(8-4-1)12-9-5-2-6-10-12;1-6-5-7(2)9(4)8(6)3;6-5-3-1-2-4-5;1-3-2;/h1-10H;6H,1-4H3;5-6H,1-4H2;3H,1-2H3;/q;2*-1;;+2. The van der Waals surface area contributed by atoms with E-state index in [-0.39, 0.29) is 21.7 Å². The van der Waals surface area contributed by atoms with Crippen molar-refractivity contribution in [3.8, 4) is 11.1 Å². The zero-order valence-electron chi connectivity index (χ0n) is 20.3. The molecule has 0 spiro atoms. The van der Waals surface area contributed by atoms with E-state index in [4.69, 9.17) is 5.73 Å².